The van der Waals surface area contributed by atoms with E-state index in [1.54, 1.807) is 0 Å². The summed E-state index contributed by atoms with van der Waals surface area (Å²) in [4.78, 5) is 23.9. The van der Waals surface area contributed by atoms with E-state index in [2.05, 4.69) is 29.4 Å². The van der Waals surface area contributed by atoms with Crippen molar-refractivity contribution in [2.45, 2.75) is 45.2 Å². The number of ketones is 1. The van der Waals surface area contributed by atoms with E-state index < -0.39 is 0 Å². The standard InChI is InChI=1S/C25H29ClN4O2S/c1-17(2)15-19-6-8-20(9-7-19)23(32)16-33-25-29-28-24(5-4-14-27-18(3)31)30(25)22-12-10-21(26)11-13-22/h6-13,17H,4-5,14-16H2,1-3H3,(H,27,31). The molecule has 0 saturated heterocycles. The summed E-state index contributed by atoms with van der Waals surface area (Å²) in [5, 5.41) is 12.8. The molecule has 8 heteroatoms. The minimum absolute atomic E-state index is 0.0500. The molecule has 0 aliphatic rings. The molecule has 0 radical (unpaired) electrons. The monoisotopic (exact) mass is 484 g/mol. The van der Waals surface area contributed by atoms with Gasteiger partial charge < -0.3 is 5.32 Å². The minimum Gasteiger partial charge on any atom is -0.356 e. The Labute approximate surface area is 204 Å². The van der Waals surface area contributed by atoms with E-state index in [1.807, 2.05) is 53.1 Å². The lowest BCUT2D eigenvalue weighted by molar-refractivity contribution is -0.118. The summed E-state index contributed by atoms with van der Waals surface area (Å²) in [5.74, 6) is 1.61. The quantitative estimate of drug-likeness (QED) is 0.231. The number of nitrogens with one attached hydrogen (secondary N) is 1. The molecule has 1 heterocycles. The van der Waals surface area contributed by atoms with E-state index in [4.69, 9.17) is 11.6 Å². The molecule has 0 atom stereocenters. The molecule has 2 aromatic carbocycles. The molecule has 0 aliphatic heterocycles. The highest BCUT2D eigenvalue weighted by Crippen LogP contribution is 2.25. The van der Waals surface area contributed by atoms with Crippen LogP contribution in [-0.4, -0.2) is 38.8 Å². The molecule has 1 aromatic heterocycles. The number of aromatic nitrogens is 3. The summed E-state index contributed by atoms with van der Waals surface area (Å²) in [5.41, 5.74) is 2.82. The molecular formula is C25H29ClN4O2S. The van der Waals surface area contributed by atoms with Crippen LogP contribution in [0.15, 0.2) is 53.7 Å². The third-order valence-corrected chi connectivity index (χ3v) is 6.17. The van der Waals surface area contributed by atoms with Gasteiger partial charge in [0.15, 0.2) is 10.9 Å². The topological polar surface area (TPSA) is 76.9 Å². The number of carbonyl (C=O) groups is 2. The lowest BCUT2D eigenvalue weighted by atomic mass is 10.0. The molecule has 6 nitrogen and oxygen atoms in total. The molecule has 0 aliphatic carbocycles. The minimum atomic E-state index is -0.0545. The zero-order chi connectivity index (χ0) is 23.8. The van der Waals surface area contributed by atoms with Gasteiger partial charge >= 0.3 is 0 Å². The summed E-state index contributed by atoms with van der Waals surface area (Å²) >= 11 is 7.43. The van der Waals surface area contributed by atoms with Crippen LogP contribution in [0.3, 0.4) is 0 Å². The van der Waals surface area contributed by atoms with Gasteiger partial charge in [0.05, 0.1) is 5.75 Å². The first kappa shape index (κ1) is 25.0. The zero-order valence-electron chi connectivity index (χ0n) is 19.2. The first-order valence-electron chi connectivity index (χ1n) is 11.0. The van der Waals surface area contributed by atoms with Crippen molar-refractivity contribution in [3.05, 3.63) is 70.5 Å². The molecule has 33 heavy (non-hydrogen) atoms. The number of nitrogens with zero attached hydrogens (tertiary/aromatic N) is 3. The highest BCUT2D eigenvalue weighted by Gasteiger charge is 2.16. The molecule has 0 spiro atoms. The zero-order valence-corrected chi connectivity index (χ0v) is 20.7. The maximum Gasteiger partial charge on any atom is 0.216 e. The van der Waals surface area contributed by atoms with Crippen molar-refractivity contribution in [3.63, 3.8) is 0 Å². The van der Waals surface area contributed by atoms with Gasteiger partial charge in [-0.25, -0.2) is 0 Å². The number of aryl methyl sites for hydroxylation is 1. The first-order chi connectivity index (χ1) is 15.8. The molecule has 0 unspecified atom stereocenters. The summed E-state index contributed by atoms with van der Waals surface area (Å²) in [6, 6.07) is 15.3. The van der Waals surface area contributed by atoms with Gasteiger partial charge in [0.25, 0.3) is 0 Å². The number of Topliss-reactive ketones (excluding diaryl/α,β-unsaturated/α-hetero) is 1. The van der Waals surface area contributed by atoms with E-state index in [1.165, 1.54) is 24.2 Å². The predicted octanol–water partition coefficient (Wildman–Crippen LogP) is 5.16. The van der Waals surface area contributed by atoms with Crippen molar-refractivity contribution in [2.24, 2.45) is 5.92 Å². The molecule has 3 aromatic rings. The lowest BCUT2D eigenvalue weighted by Gasteiger charge is -2.11. The molecular weight excluding hydrogens is 456 g/mol. The fraction of sp³-hybridized carbons (Fsp3) is 0.360. The molecule has 0 saturated carbocycles. The van der Waals surface area contributed by atoms with Gasteiger partial charge in [0.1, 0.15) is 5.82 Å². The summed E-state index contributed by atoms with van der Waals surface area (Å²) in [7, 11) is 0. The van der Waals surface area contributed by atoms with Crippen LogP contribution in [-0.2, 0) is 17.6 Å². The Bertz CT molecular complexity index is 1080. The van der Waals surface area contributed by atoms with Crippen molar-refractivity contribution in [2.75, 3.05) is 12.3 Å². The Hall–Kier alpha value is -2.64. The molecule has 0 bridgehead atoms. The largest absolute Gasteiger partial charge is 0.356 e. The fourth-order valence-electron chi connectivity index (χ4n) is 3.43. The molecule has 1 amide bonds. The average molecular weight is 485 g/mol. The first-order valence-corrected chi connectivity index (χ1v) is 12.4. The van der Waals surface area contributed by atoms with Gasteiger partial charge in [-0.2, -0.15) is 0 Å². The van der Waals surface area contributed by atoms with E-state index in [0.717, 1.165) is 24.4 Å². The Balaban J connectivity index is 1.72. The van der Waals surface area contributed by atoms with Crippen LogP contribution in [0.2, 0.25) is 5.02 Å². The van der Waals surface area contributed by atoms with Gasteiger partial charge in [-0.15, -0.1) is 10.2 Å². The number of thioether (sulfide) groups is 1. The summed E-state index contributed by atoms with van der Waals surface area (Å²) in [6.45, 7) is 6.43. The van der Waals surface area contributed by atoms with Gasteiger partial charge in [-0.1, -0.05) is 61.5 Å². The number of carbonyl (C=O) groups excluding carboxylic acids is 2. The smallest absolute Gasteiger partial charge is 0.216 e. The maximum absolute atomic E-state index is 12.8. The third-order valence-electron chi connectivity index (χ3n) is 4.99. The third kappa shape index (κ3) is 7.44. The molecule has 3 rings (SSSR count). The Morgan fingerprint density at radius 2 is 1.76 bits per heavy atom. The molecule has 0 fully saturated rings. The fourth-order valence-corrected chi connectivity index (χ4v) is 4.42. The van der Waals surface area contributed by atoms with Crippen molar-refractivity contribution < 1.29 is 9.59 Å². The van der Waals surface area contributed by atoms with Crippen molar-refractivity contribution >= 4 is 35.1 Å². The van der Waals surface area contributed by atoms with Crippen molar-refractivity contribution in [1.82, 2.24) is 20.1 Å². The van der Waals surface area contributed by atoms with E-state index in [-0.39, 0.29) is 17.4 Å². The van der Waals surface area contributed by atoms with Crippen LogP contribution in [0.5, 0.6) is 0 Å². The number of amides is 1. The lowest BCUT2D eigenvalue weighted by Crippen LogP contribution is -2.21. The van der Waals surface area contributed by atoms with Crippen LogP contribution in [0.1, 0.15) is 48.9 Å². The number of hydrogen-bond donors (Lipinski definition) is 1. The summed E-state index contributed by atoms with van der Waals surface area (Å²) in [6.07, 6.45) is 2.37. The second-order valence-electron chi connectivity index (χ2n) is 8.30. The van der Waals surface area contributed by atoms with Crippen LogP contribution in [0.4, 0.5) is 0 Å². The van der Waals surface area contributed by atoms with Crippen LogP contribution in [0, 0.1) is 5.92 Å². The second-order valence-corrected chi connectivity index (χ2v) is 9.68. The van der Waals surface area contributed by atoms with Crippen LogP contribution < -0.4 is 5.32 Å². The van der Waals surface area contributed by atoms with Gasteiger partial charge in [0, 0.05) is 36.2 Å². The van der Waals surface area contributed by atoms with Crippen molar-refractivity contribution in [3.8, 4) is 5.69 Å². The van der Waals surface area contributed by atoms with Gasteiger partial charge in [0.2, 0.25) is 5.91 Å². The van der Waals surface area contributed by atoms with Crippen LogP contribution >= 0.6 is 23.4 Å². The Morgan fingerprint density at radius 1 is 1.06 bits per heavy atom. The molecule has 174 valence electrons. The number of benzene rings is 2. The Kier molecular flexibility index (Phi) is 9.09. The Morgan fingerprint density at radius 3 is 2.39 bits per heavy atom. The molecule has 1 N–H and O–H groups in total. The van der Waals surface area contributed by atoms with Crippen molar-refractivity contribution in [1.29, 1.82) is 0 Å². The average Bonchev–Trinajstić information content (AvgIpc) is 3.18. The summed E-state index contributed by atoms with van der Waals surface area (Å²) < 4.78 is 1.95. The van der Waals surface area contributed by atoms with E-state index in [0.29, 0.717) is 34.6 Å². The number of hydrogen-bond acceptors (Lipinski definition) is 5. The number of rotatable bonds is 11. The van der Waals surface area contributed by atoms with Gasteiger partial charge in [-0.05, 0) is 48.6 Å². The number of halogens is 1. The second kappa shape index (κ2) is 12.0. The predicted molar refractivity (Wildman–Crippen MR) is 133 cm³/mol. The highest BCUT2D eigenvalue weighted by atomic mass is 35.5. The van der Waals surface area contributed by atoms with Crippen LogP contribution in [0.25, 0.3) is 5.69 Å². The maximum atomic E-state index is 12.8. The highest BCUT2D eigenvalue weighted by molar-refractivity contribution is 7.99. The van der Waals surface area contributed by atoms with E-state index in [9.17, 15) is 9.59 Å². The van der Waals surface area contributed by atoms with E-state index >= 15 is 0 Å². The SMILES string of the molecule is CC(=O)NCCCc1nnc(SCC(=O)c2ccc(CC(C)C)cc2)n1-c1ccc(Cl)cc1. The normalized spacial score (nSPS) is 11.1. The van der Waals surface area contributed by atoms with Gasteiger partial charge in [-0.3, -0.25) is 14.2 Å².